The molecule has 0 aliphatic heterocycles. The maximum atomic E-state index is 13.9. The molecule has 2 heterocycles. The molecule has 26 heavy (non-hydrogen) atoms. The summed E-state index contributed by atoms with van der Waals surface area (Å²) in [6, 6.07) is 8.09. The molecule has 1 aliphatic carbocycles. The van der Waals surface area contributed by atoms with Crippen LogP contribution in [-0.4, -0.2) is 20.7 Å². The minimum absolute atomic E-state index is 0.0129. The van der Waals surface area contributed by atoms with E-state index >= 15 is 0 Å². The van der Waals surface area contributed by atoms with Crippen molar-refractivity contribution >= 4 is 27.5 Å². The minimum Gasteiger partial charge on any atom is -0.419 e. The molecule has 0 bridgehead atoms. The lowest BCUT2D eigenvalue weighted by atomic mass is 9.85. The second-order valence-corrected chi connectivity index (χ2v) is 7.18. The molecule has 1 amide bonds. The molecule has 1 N–H and O–H groups in total. The predicted octanol–water partition coefficient (Wildman–Crippen LogP) is 4.35. The summed E-state index contributed by atoms with van der Waals surface area (Å²) in [5.41, 5.74) is 0.798. The van der Waals surface area contributed by atoms with Crippen molar-refractivity contribution in [2.75, 3.05) is 5.32 Å². The van der Waals surface area contributed by atoms with Crippen molar-refractivity contribution in [1.29, 1.82) is 0 Å². The summed E-state index contributed by atoms with van der Waals surface area (Å²) in [5.74, 6) is 0.549. The molecule has 8 heteroatoms. The van der Waals surface area contributed by atoms with Gasteiger partial charge in [-0.15, -0.1) is 10.2 Å². The van der Waals surface area contributed by atoms with Crippen LogP contribution in [-0.2, 0) is 11.3 Å². The molecule has 1 saturated carbocycles. The molecule has 1 aromatic carbocycles. The highest BCUT2D eigenvalue weighted by atomic mass is 79.9. The van der Waals surface area contributed by atoms with Crippen LogP contribution in [0.15, 0.2) is 45.4 Å². The first kappa shape index (κ1) is 17.0. The fraction of sp³-hybridized carbons (Fsp3) is 0.278. The Kier molecular flexibility index (Phi) is 4.58. The van der Waals surface area contributed by atoms with E-state index in [1.165, 1.54) is 18.6 Å². The molecular weight excluding hydrogens is 403 g/mol. The van der Waals surface area contributed by atoms with Crippen LogP contribution in [0.4, 0.5) is 10.1 Å². The van der Waals surface area contributed by atoms with Crippen molar-refractivity contribution in [1.82, 2.24) is 14.8 Å². The number of carbonyl (C=O) groups is 1. The van der Waals surface area contributed by atoms with Crippen LogP contribution in [0.3, 0.4) is 0 Å². The normalized spacial score (nSPS) is 14.2. The zero-order valence-corrected chi connectivity index (χ0v) is 15.4. The van der Waals surface area contributed by atoms with E-state index < -0.39 is 5.82 Å². The van der Waals surface area contributed by atoms with Gasteiger partial charge in [0, 0.05) is 16.6 Å². The first-order valence-electron chi connectivity index (χ1n) is 8.34. The molecule has 6 nitrogen and oxygen atoms in total. The van der Waals surface area contributed by atoms with E-state index in [0.717, 1.165) is 12.8 Å². The minimum atomic E-state index is -0.498. The van der Waals surface area contributed by atoms with Crippen molar-refractivity contribution < 1.29 is 13.6 Å². The molecule has 4 rings (SSSR count). The van der Waals surface area contributed by atoms with Crippen molar-refractivity contribution in [2.24, 2.45) is 0 Å². The van der Waals surface area contributed by atoms with E-state index in [-0.39, 0.29) is 18.1 Å². The lowest BCUT2D eigenvalue weighted by Gasteiger charge is -2.20. The number of hydrogen-bond acceptors (Lipinski definition) is 4. The summed E-state index contributed by atoms with van der Waals surface area (Å²) in [6.45, 7) is 0.0129. The summed E-state index contributed by atoms with van der Waals surface area (Å²) in [7, 11) is 0. The molecule has 1 fully saturated rings. The van der Waals surface area contributed by atoms with E-state index in [2.05, 4.69) is 31.4 Å². The fourth-order valence-corrected chi connectivity index (χ4v) is 3.17. The monoisotopic (exact) mass is 418 g/mol. The summed E-state index contributed by atoms with van der Waals surface area (Å²) in [4.78, 5) is 12.3. The van der Waals surface area contributed by atoms with Gasteiger partial charge in [0.05, 0.1) is 5.69 Å². The number of aromatic nitrogens is 3. The van der Waals surface area contributed by atoms with Gasteiger partial charge in [0.25, 0.3) is 5.89 Å². The summed E-state index contributed by atoms with van der Waals surface area (Å²) >= 11 is 3.19. The first-order chi connectivity index (χ1) is 12.6. The van der Waals surface area contributed by atoms with Crippen LogP contribution in [0, 0.1) is 5.82 Å². The van der Waals surface area contributed by atoms with E-state index in [4.69, 9.17) is 4.42 Å². The number of hydrogen-bond donors (Lipinski definition) is 1. The van der Waals surface area contributed by atoms with E-state index in [9.17, 15) is 9.18 Å². The Morgan fingerprint density at radius 2 is 2.19 bits per heavy atom. The molecule has 134 valence electrons. The topological polar surface area (TPSA) is 73.0 Å². The average molecular weight is 419 g/mol. The van der Waals surface area contributed by atoms with E-state index in [1.807, 2.05) is 6.07 Å². The van der Waals surface area contributed by atoms with Gasteiger partial charge < -0.3 is 14.3 Å². The number of carbonyl (C=O) groups excluding carboxylic acids is 1. The van der Waals surface area contributed by atoms with Gasteiger partial charge in [0.1, 0.15) is 18.1 Å². The molecule has 0 radical (unpaired) electrons. The average Bonchev–Trinajstić information content (AvgIpc) is 3.18. The number of halogens is 2. The zero-order valence-electron chi connectivity index (χ0n) is 13.8. The molecule has 2 aromatic heterocycles. The standard InChI is InChI=1S/C18H16BrFN4O2/c19-12-6-7-14(13(20)9-12)21-16(25)10-24-8-2-5-15(24)18-23-22-17(26-18)11-3-1-4-11/h2,5-9,11H,1,3-4,10H2,(H,21,25). The first-order valence-corrected chi connectivity index (χ1v) is 9.13. The summed E-state index contributed by atoms with van der Waals surface area (Å²) < 4.78 is 21.9. The lowest BCUT2D eigenvalue weighted by Crippen LogP contribution is -2.19. The van der Waals surface area contributed by atoms with Crippen LogP contribution in [0.1, 0.15) is 31.1 Å². The van der Waals surface area contributed by atoms with Crippen molar-refractivity contribution in [2.45, 2.75) is 31.7 Å². The molecule has 0 atom stereocenters. The maximum Gasteiger partial charge on any atom is 0.264 e. The molecule has 3 aromatic rings. The van der Waals surface area contributed by atoms with Crippen LogP contribution in [0.2, 0.25) is 0 Å². The van der Waals surface area contributed by atoms with Crippen LogP contribution >= 0.6 is 15.9 Å². The van der Waals surface area contributed by atoms with Crippen LogP contribution in [0.25, 0.3) is 11.6 Å². The lowest BCUT2D eigenvalue weighted by molar-refractivity contribution is -0.116. The Hall–Kier alpha value is -2.48. The number of benzene rings is 1. The quantitative estimate of drug-likeness (QED) is 0.668. The molecule has 0 unspecified atom stereocenters. The number of rotatable bonds is 5. The fourth-order valence-electron chi connectivity index (χ4n) is 2.84. The Bertz CT molecular complexity index is 948. The van der Waals surface area contributed by atoms with Gasteiger partial charge in [0.2, 0.25) is 11.8 Å². The van der Waals surface area contributed by atoms with Crippen molar-refractivity contribution in [3.8, 4) is 11.6 Å². The highest BCUT2D eigenvalue weighted by molar-refractivity contribution is 9.10. The predicted molar refractivity (Wildman–Crippen MR) is 97.0 cm³/mol. The van der Waals surface area contributed by atoms with Gasteiger partial charge in [-0.05, 0) is 43.2 Å². The summed E-state index contributed by atoms with van der Waals surface area (Å²) in [5, 5.41) is 10.8. The Morgan fingerprint density at radius 3 is 2.92 bits per heavy atom. The summed E-state index contributed by atoms with van der Waals surface area (Å²) in [6.07, 6.45) is 5.08. The smallest absolute Gasteiger partial charge is 0.264 e. The van der Waals surface area contributed by atoms with Gasteiger partial charge in [-0.2, -0.15) is 0 Å². The highest BCUT2D eigenvalue weighted by Crippen LogP contribution is 2.36. The Balaban J connectivity index is 1.48. The maximum absolute atomic E-state index is 13.9. The SMILES string of the molecule is O=C(Cn1cccc1-c1nnc(C2CCC2)o1)Nc1ccc(Br)cc1F. The molecule has 0 spiro atoms. The third-order valence-corrected chi connectivity index (χ3v) is 4.96. The van der Waals surface area contributed by atoms with E-state index in [0.29, 0.717) is 27.9 Å². The molecular formula is C18H16BrFN4O2. The van der Waals surface area contributed by atoms with Gasteiger partial charge in [-0.25, -0.2) is 4.39 Å². The van der Waals surface area contributed by atoms with E-state index in [1.54, 1.807) is 22.9 Å². The third-order valence-electron chi connectivity index (χ3n) is 4.46. The van der Waals surface area contributed by atoms with Crippen molar-refractivity contribution in [3.63, 3.8) is 0 Å². The number of amides is 1. The second kappa shape index (κ2) is 7.03. The van der Waals surface area contributed by atoms with Gasteiger partial charge in [-0.1, -0.05) is 22.4 Å². The molecule has 0 saturated heterocycles. The van der Waals surface area contributed by atoms with Gasteiger partial charge in [-0.3, -0.25) is 4.79 Å². The number of nitrogens with one attached hydrogen (secondary N) is 1. The Morgan fingerprint density at radius 1 is 1.35 bits per heavy atom. The van der Waals surface area contributed by atoms with Crippen molar-refractivity contribution in [3.05, 3.63) is 52.7 Å². The van der Waals surface area contributed by atoms with Gasteiger partial charge in [0.15, 0.2) is 0 Å². The van der Waals surface area contributed by atoms with Gasteiger partial charge >= 0.3 is 0 Å². The third kappa shape index (κ3) is 3.41. The number of anilines is 1. The van der Waals surface area contributed by atoms with Crippen LogP contribution in [0.5, 0.6) is 0 Å². The number of nitrogens with zero attached hydrogens (tertiary/aromatic N) is 3. The zero-order chi connectivity index (χ0) is 18.1. The molecule has 1 aliphatic rings. The Labute approximate surface area is 157 Å². The largest absolute Gasteiger partial charge is 0.419 e. The second-order valence-electron chi connectivity index (χ2n) is 6.27. The van der Waals surface area contributed by atoms with Crippen LogP contribution < -0.4 is 5.32 Å². The highest BCUT2D eigenvalue weighted by Gasteiger charge is 2.26.